The SMILES string of the molecule is O=C(P)P. The first kappa shape index (κ1) is 4.53. The highest BCUT2D eigenvalue weighted by molar-refractivity contribution is 7.69. The van der Waals surface area contributed by atoms with Gasteiger partial charge >= 0.3 is 0 Å². The van der Waals surface area contributed by atoms with E-state index in [1.54, 1.807) is 0 Å². The second-order valence-corrected chi connectivity index (χ2v) is 2.21. The average molecular weight is 94.0 g/mol. The van der Waals surface area contributed by atoms with E-state index in [9.17, 15) is 4.79 Å². The molecule has 24 valence electrons. The summed E-state index contributed by atoms with van der Waals surface area (Å²) in [6.45, 7) is 0. The van der Waals surface area contributed by atoms with Gasteiger partial charge in [0.2, 0.25) is 0 Å². The van der Waals surface area contributed by atoms with E-state index in [2.05, 4.69) is 0 Å². The molecule has 0 rings (SSSR count). The lowest BCUT2D eigenvalue weighted by molar-refractivity contribution is 0.276. The van der Waals surface area contributed by atoms with E-state index >= 15 is 0 Å². The van der Waals surface area contributed by atoms with Crippen molar-refractivity contribution in [3.63, 3.8) is 0 Å². The summed E-state index contributed by atoms with van der Waals surface area (Å²) in [5.41, 5.74) is 0. The Kier molecular flexibility index (Phi) is 2.05. The van der Waals surface area contributed by atoms with Crippen LogP contribution in [-0.4, -0.2) is 5.27 Å². The molecule has 0 saturated carbocycles. The third-order valence-corrected chi connectivity index (χ3v) is 0. The van der Waals surface area contributed by atoms with E-state index in [1.807, 2.05) is 18.5 Å². The lowest BCUT2D eigenvalue weighted by atomic mass is 11.8. The van der Waals surface area contributed by atoms with Gasteiger partial charge in [-0.1, -0.05) is 18.5 Å². The average Bonchev–Trinajstić information content (AvgIpc) is 0.811. The molecule has 1 nitrogen and oxygen atoms in total. The molecular formula is CH4OP2. The summed E-state index contributed by atoms with van der Waals surface area (Å²) in [6.07, 6.45) is 0. The molecule has 0 fully saturated rings. The van der Waals surface area contributed by atoms with Crippen LogP contribution in [0.5, 0.6) is 0 Å². The standard InChI is InChI=1S/CH4OP2/c2-1(3)4/h3-4H2. The molecule has 0 amide bonds. The minimum Gasteiger partial charge on any atom is -0.291 e. The number of rotatable bonds is 0. The van der Waals surface area contributed by atoms with Gasteiger partial charge in [0.25, 0.3) is 0 Å². The highest BCUT2D eigenvalue weighted by Gasteiger charge is 1.62. The Labute approximate surface area is 29.6 Å². The van der Waals surface area contributed by atoms with Gasteiger partial charge in [-0.05, 0) is 0 Å². The Morgan fingerprint density at radius 1 is 1.50 bits per heavy atom. The summed E-state index contributed by atoms with van der Waals surface area (Å²) in [4.78, 5) is 9.37. The van der Waals surface area contributed by atoms with Crippen LogP contribution < -0.4 is 0 Å². The second-order valence-electron chi connectivity index (χ2n) is 0.402. The molecule has 0 spiro atoms. The minimum absolute atomic E-state index is 0.000000000000000444. The van der Waals surface area contributed by atoms with Gasteiger partial charge in [0.15, 0.2) is 5.27 Å². The molecule has 0 heterocycles. The molecule has 3 heteroatoms. The second kappa shape index (κ2) is 1.81. The zero-order valence-corrected chi connectivity index (χ0v) is 4.37. The first-order valence-corrected chi connectivity index (χ1v) is 1.94. The molecule has 0 aliphatic heterocycles. The van der Waals surface area contributed by atoms with Gasteiger partial charge in [-0.3, -0.25) is 4.79 Å². The van der Waals surface area contributed by atoms with Crippen LogP contribution in [0.15, 0.2) is 0 Å². The first-order chi connectivity index (χ1) is 1.73. The fourth-order valence-electron chi connectivity index (χ4n) is 0. The Hall–Kier alpha value is 0.530. The van der Waals surface area contributed by atoms with Crippen molar-refractivity contribution in [3.05, 3.63) is 0 Å². The summed E-state index contributed by atoms with van der Waals surface area (Å²) >= 11 is 0. The highest BCUT2D eigenvalue weighted by atomic mass is 31.1. The van der Waals surface area contributed by atoms with Gasteiger partial charge in [0.05, 0.1) is 0 Å². The topological polar surface area (TPSA) is 17.1 Å². The van der Waals surface area contributed by atoms with Crippen LogP contribution in [0.1, 0.15) is 0 Å². The van der Waals surface area contributed by atoms with Gasteiger partial charge in [-0.2, -0.15) is 0 Å². The van der Waals surface area contributed by atoms with Crippen LogP contribution in [0, 0.1) is 0 Å². The largest absolute Gasteiger partial charge is 0.291 e. The molecule has 0 aromatic carbocycles. The van der Waals surface area contributed by atoms with Crippen LogP contribution in [0.25, 0.3) is 0 Å². The van der Waals surface area contributed by atoms with Gasteiger partial charge in [0.1, 0.15) is 0 Å². The van der Waals surface area contributed by atoms with Gasteiger partial charge < -0.3 is 0 Å². The summed E-state index contributed by atoms with van der Waals surface area (Å²) in [5, 5.41) is 0.000000000000000444. The van der Waals surface area contributed by atoms with Crippen molar-refractivity contribution in [2.45, 2.75) is 0 Å². The van der Waals surface area contributed by atoms with E-state index in [4.69, 9.17) is 0 Å². The Morgan fingerprint density at radius 3 is 1.50 bits per heavy atom. The van der Waals surface area contributed by atoms with E-state index in [-0.39, 0.29) is 5.27 Å². The van der Waals surface area contributed by atoms with E-state index in [0.29, 0.717) is 0 Å². The molecule has 0 aromatic rings. The predicted octanol–water partition coefficient (Wildman–Crippen LogP) is 0.857. The maximum absolute atomic E-state index is 9.37. The predicted molar refractivity (Wildman–Crippen MR) is 24.8 cm³/mol. The molecule has 0 aliphatic carbocycles. The number of carbonyl (C=O) groups is 1. The molecule has 0 N–H and O–H groups in total. The molecule has 0 bridgehead atoms. The van der Waals surface area contributed by atoms with Crippen molar-refractivity contribution in [2.75, 3.05) is 0 Å². The van der Waals surface area contributed by atoms with Crippen LogP contribution in [0.4, 0.5) is 4.79 Å². The van der Waals surface area contributed by atoms with Crippen molar-refractivity contribution < 1.29 is 4.79 Å². The molecular weight excluding hydrogens is 90.0 g/mol. The molecule has 0 aliphatic rings. The van der Waals surface area contributed by atoms with Crippen molar-refractivity contribution in [2.24, 2.45) is 0 Å². The first-order valence-electron chi connectivity index (χ1n) is 0.781. The maximum Gasteiger partial charge on any atom is 0.163 e. The number of hydrogen-bond acceptors (Lipinski definition) is 1. The third-order valence-electron chi connectivity index (χ3n) is 0. The summed E-state index contributed by atoms with van der Waals surface area (Å²) < 4.78 is 0. The maximum atomic E-state index is 9.37. The summed E-state index contributed by atoms with van der Waals surface area (Å²) in [6, 6.07) is 0. The van der Waals surface area contributed by atoms with Crippen molar-refractivity contribution >= 4 is 23.7 Å². The van der Waals surface area contributed by atoms with Crippen LogP contribution in [0.3, 0.4) is 0 Å². The van der Waals surface area contributed by atoms with Gasteiger partial charge in [0, 0.05) is 0 Å². The van der Waals surface area contributed by atoms with Crippen molar-refractivity contribution in [3.8, 4) is 0 Å². The zero-order chi connectivity index (χ0) is 3.58. The highest BCUT2D eigenvalue weighted by Crippen LogP contribution is 1.93. The minimum atomic E-state index is 0.000000000000000444. The molecule has 2 unspecified atom stereocenters. The lowest BCUT2D eigenvalue weighted by Gasteiger charge is -1.56. The fourth-order valence-corrected chi connectivity index (χ4v) is 0. The Balaban J connectivity index is 2.80. The van der Waals surface area contributed by atoms with Crippen LogP contribution >= 0.6 is 18.5 Å². The van der Waals surface area contributed by atoms with Crippen LogP contribution in [-0.2, 0) is 0 Å². The smallest absolute Gasteiger partial charge is 0.163 e. The lowest BCUT2D eigenvalue weighted by Crippen LogP contribution is -1.42. The monoisotopic (exact) mass is 94.0 g/mol. The summed E-state index contributed by atoms with van der Waals surface area (Å²) in [5.74, 6) is 0. The molecule has 2 atom stereocenters. The molecule has 0 radical (unpaired) electrons. The molecule has 0 aromatic heterocycles. The number of carbonyl (C=O) groups excluding carboxylic acids is 1. The molecule has 0 saturated heterocycles. The fraction of sp³-hybridized carbons (Fsp3) is 0. The van der Waals surface area contributed by atoms with Crippen molar-refractivity contribution in [1.29, 1.82) is 0 Å². The Bertz CT molecular complexity index is 29.0. The molecule has 4 heavy (non-hydrogen) atoms. The number of hydrogen-bond donors (Lipinski definition) is 0. The third kappa shape index (κ3) is 21.1. The van der Waals surface area contributed by atoms with Crippen LogP contribution in [0.2, 0.25) is 0 Å². The van der Waals surface area contributed by atoms with E-state index in [0.717, 1.165) is 0 Å². The van der Waals surface area contributed by atoms with Gasteiger partial charge in [-0.25, -0.2) is 0 Å². The quantitative estimate of drug-likeness (QED) is 0.407. The normalized spacial score (nSPS) is 6.50. The summed E-state index contributed by atoms with van der Waals surface area (Å²) in [7, 11) is 3.96. The van der Waals surface area contributed by atoms with Gasteiger partial charge in [-0.15, -0.1) is 0 Å². The van der Waals surface area contributed by atoms with Crippen molar-refractivity contribution in [1.82, 2.24) is 0 Å². The Morgan fingerprint density at radius 2 is 1.50 bits per heavy atom. The van der Waals surface area contributed by atoms with E-state index in [1.165, 1.54) is 0 Å². The zero-order valence-electron chi connectivity index (χ0n) is 2.06. The van der Waals surface area contributed by atoms with E-state index < -0.39 is 0 Å².